The van der Waals surface area contributed by atoms with E-state index in [1.807, 2.05) is 0 Å². The second-order valence-electron chi connectivity index (χ2n) is 8.99. The molecule has 2 unspecified atom stereocenters. The number of benzene rings is 2. The largest absolute Gasteiger partial charge is 0.508 e. The lowest BCUT2D eigenvalue weighted by molar-refractivity contribution is 0.103. The summed E-state index contributed by atoms with van der Waals surface area (Å²) >= 11 is 0. The molecule has 2 N–H and O–H groups in total. The molecule has 0 saturated heterocycles. The van der Waals surface area contributed by atoms with Crippen molar-refractivity contribution >= 4 is 0 Å². The molecule has 0 radical (unpaired) electrons. The van der Waals surface area contributed by atoms with Crippen LogP contribution in [0.3, 0.4) is 0 Å². The lowest BCUT2D eigenvalue weighted by Gasteiger charge is -2.48. The Morgan fingerprint density at radius 1 is 0.800 bits per heavy atom. The van der Waals surface area contributed by atoms with Crippen LogP contribution in [0.2, 0.25) is 0 Å². The minimum atomic E-state index is -0.0724. The topological polar surface area (TPSA) is 40.5 Å². The number of phenolic OH excluding ortho intramolecular Hbond substituents is 2. The predicted molar refractivity (Wildman–Crippen MR) is 103 cm³/mol. The molecule has 0 aliphatic heterocycles. The van der Waals surface area contributed by atoms with Gasteiger partial charge in [0.1, 0.15) is 11.5 Å². The van der Waals surface area contributed by atoms with Crippen LogP contribution >= 0.6 is 0 Å². The molecule has 0 bridgehead atoms. The molecule has 0 heterocycles. The summed E-state index contributed by atoms with van der Waals surface area (Å²) in [6.07, 6.45) is 3.44. The number of aromatic hydroxyl groups is 2. The smallest absolute Gasteiger partial charge is 0.115 e. The average molecular weight is 338 g/mol. The Kier molecular flexibility index (Phi) is 4.57. The van der Waals surface area contributed by atoms with Crippen molar-refractivity contribution in [3.8, 4) is 11.5 Å². The molecule has 2 nitrogen and oxygen atoms in total. The molecule has 25 heavy (non-hydrogen) atoms. The zero-order valence-corrected chi connectivity index (χ0v) is 15.8. The first-order valence-electron chi connectivity index (χ1n) is 9.30. The van der Waals surface area contributed by atoms with Gasteiger partial charge in [-0.05, 0) is 71.9 Å². The lowest BCUT2D eigenvalue weighted by Crippen LogP contribution is -2.41. The molecule has 2 atom stereocenters. The fourth-order valence-electron chi connectivity index (χ4n) is 4.61. The summed E-state index contributed by atoms with van der Waals surface area (Å²) in [5.41, 5.74) is 2.71. The minimum Gasteiger partial charge on any atom is -0.508 e. The van der Waals surface area contributed by atoms with E-state index >= 15 is 0 Å². The van der Waals surface area contributed by atoms with Crippen LogP contribution in [0.15, 0.2) is 48.5 Å². The molecule has 2 aromatic carbocycles. The maximum absolute atomic E-state index is 9.75. The molecule has 1 saturated carbocycles. The van der Waals surface area contributed by atoms with Gasteiger partial charge in [-0.2, -0.15) is 0 Å². The SMILES string of the molecule is CC1CC(C(C)(C)C)CC(c2ccc(O)cc2)(c2ccc(O)cc2)C1. The van der Waals surface area contributed by atoms with E-state index in [0.29, 0.717) is 23.3 Å². The normalized spacial score (nSPS) is 23.4. The number of phenols is 2. The maximum Gasteiger partial charge on any atom is 0.115 e. The van der Waals surface area contributed by atoms with E-state index in [0.717, 1.165) is 12.8 Å². The Hall–Kier alpha value is -1.96. The van der Waals surface area contributed by atoms with Gasteiger partial charge >= 0.3 is 0 Å². The highest BCUT2D eigenvalue weighted by Crippen LogP contribution is 2.53. The standard InChI is InChI=1S/C23H30O2/c1-16-13-19(22(2,3)4)15-23(14-16,17-5-9-20(24)10-6-17)18-7-11-21(25)12-8-18/h5-12,16,19,24-25H,13-15H2,1-4H3. The molecule has 2 heteroatoms. The zero-order chi connectivity index (χ0) is 18.2. The number of hydrogen-bond donors (Lipinski definition) is 2. The minimum absolute atomic E-state index is 0.0724. The second-order valence-corrected chi connectivity index (χ2v) is 8.99. The van der Waals surface area contributed by atoms with Crippen molar-refractivity contribution in [2.45, 2.75) is 52.4 Å². The van der Waals surface area contributed by atoms with Crippen LogP contribution in [-0.4, -0.2) is 10.2 Å². The van der Waals surface area contributed by atoms with Gasteiger partial charge in [0.15, 0.2) is 0 Å². The van der Waals surface area contributed by atoms with E-state index in [-0.39, 0.29) is 10.8 Å². The molecule has 0 spiro atoms. The Morgan fingerprint density at radius 2 is 1.24 bits per heavy atom. The van der Waals surface area contributed by atoms with E-state index in [1.54, 1.807) is 24.3 Å². The highest BCUT2D eigenvalue weighted by atomic mass is 16.3. The van der Waals surface area contributed by atoms with Gasteiger partial charge in [-0.25, -0.2) is 0 Å². The van der Waals surface area contributed by atoms with Crippen LogP contribution in [-0.2, 0) is 5.41 Å². The van der Waals surface area contributed by atoms with E-state index in [9.17, 15) is 10.2 Å². The molecular weight excluding hydrogens is 308 g/mol. The fraction of sp³-hybridized carbons (Fsp3) is 0.478. The Morgan fingerprint density at radius 3 is 1.64 bits per heavy atom. The molecule has 134 valence electrons. The van der Waals surface area contributed by atoms with Crippen LogP contribution in [0.4, 0.5) is 0 Å². The van der Waals surface area contributed by atoms with E-state index in [4.69, 9.17) is 0 Å². The van der Waals surface area contributed by atoms with Crippen LogP contribution < -0.4 is 0 Å². The van der Waals surface area contributed by atoms with E-state index in [1.165, 1.54) is 17.5 Å². The average Bonchev–Trinajstić information content (AvgIpc) is 2.54. The number of rotatable bonds is 2. The van der Waals surface area contributed by atoms with Gasteiger partial charge < -0.3 is 10.2 Å². The Labute approximate surface area is 151 Å². The molecular formula is C23H30O2. The lowest BCUT2D eigenvalue weighted by atomic mass is 9.55. The third-order valence-corrected chi connectivity index (χ3v) is 6.04. The maximum atomic E-state index is 9.75. The molecule has 1 aliphatic rings. The van der Waals surface area contributed by atoms with Crippen molar-refractivity contribution in [3.05, 3.63) is 59.7 Å². The van der Waals surface area contributed by atoms with Crippen molar-refractivity contribution in [1.29, 1.82) is 0 Å². The van der Waals surface area contributed by atoms with Crippen molar-refractivity contribution in [2.24, 2.45) is 17.3 Å². The molecule has 0 amide bonds. The summed E-state index contributed by atoms with van der Waals surface area (Å²) in [5, 5.41) is 19.5. The predicted octanol–water partition coefficient (Wildman–Crippen LogP) is 5.87. The van der Waals surface area contributed by atoms with Gasteiger partial charge in [-0.15, -0.1) is 0 Å². The van der Waals surface area contributed by atoms with E-state index < -0.39 is 0 Å². The van der Waals surface area contributed by atoms with Crippen LogP contribution in [0.25, 0.3) is 0 Å². The fourth-order valence-corrected chi connectivity index (χ4v) is 4.61. The summed E-state index contributed by atoms with van der Waals surface area (Å²) in [6.45, 7) is 9.38. The first kappa shape index (κ1) is 17.8. The first-order chi connectivity index (χ1) is 11.7. The summed E-state index contributed by atoms with van der Waals surface area (Å²) in [6, 6.07) is 15.5. The van der Waals surface area contributed by atoms with Gasteiger partial charge in [-0.3, -0.25) is 0 Å². The van der Waals surface area contributed by atoms with Gasteiger partial charge in [0.25, 0.3) is 0 Å². The van der Waals surface area contributed by atoms with Crippen LogP contribution in [0.5, 0.6) is 11.5 Å². The summed E-state index contributed by atoms with van der Waals surface area (Å²) in [7, 11) is 0. The molecule has 1 fully saturated rings. The van der Waals surface area contributed by atoms with Crippen molar-refractivity contribution in [3.63, 3.8) is 0 Å². The monoisotopic (exact) mass is 338 g/mol. The van der Waals surface area contributed by atoms with Gasteiger partial charge in [0.2, 0.25) is 0 Å². The second kappa shape index (κ2) is 6.40. The van der Waals surface area contributed by atoms with Gasteiger partial charge in [0.05, 0.1) is 0 Å². The molecule has 1 aliphatic carbocycles. The van der Waals surface area contributed by atoms with Crippen molar-refractivity contribution < 1.29 is 10.2 Å². The molecule has 2 aromatic rings. The van der Waals surface area contributed by atoms with Crippen LogP contribution in [0, 0.1) is 17.3 Å². The summed E-state index contributed by atoms with van der Waals surface area (Å²) in [5.74, 6) is 1.86. The number of hydrogen-bond acceptors (Lipinski definition) is 2. The molecule has 3 rings (SSSR count). The van der Waals surface area contributed by atoms with Crippen molar-refractivity contribution in [1.82, 2.24) is 0 Å². The van der Waals surface area contributed by atoms with Crippen LogP contribution in [0.1, 0.15) is 58.1 Å². The molecule has 0 aromatic heterocycles. The zero-order valence-electron chi connectivity index (χ0n) is 15.8. The highest BCUT2D eigenvalue weighted by Gasteiger charge is 2.44. The van der Waals surface area contributed by atoms with Gasteiger partial charge in [-0.1, -0.05) is 52.0 Å². The summed E-state index contributed by atoms with van der Waals surface area (Å²) in [4.78, 5) is 0. The quantitative estimate of drug-likeness (QED) is 0.719. The van der Waals surface area contributed by atoms with E-state index in [2.05, 4.69) is 52.0 Å². The highest BCUT2D eigenvalue weighted by molar-refractivity contribution is 5.43. The third kappa shape index (κ3) is 3.53. The third-order valence-electron chi connectivity index (χ3n) is 6.04. The Balaban J connectivity index is 2.14. The Bertz CT molecular complexity index is 662. The van der Waals surface area contributed by atoms with Gasteiger partial charge in [0, 0.05) is 5.41 Å². The summed E-state index contributed by atoms with van der Waals surface area (Å²) < 4.78 is 0. The van der Waals surface area contributed by atoms with Crippen molar-refractivity contribution in [2.75, 3.05) is 0 Å². The first-order valence-corrected chi connectivity index (χ1v) is 9.30.